The van der Waals surface area contributed by atoms with Crippen LogP contribution in [0.5, 0.6) is 0 Å². The Morgan fingerprint density at radius 1 is 1.29 bits per heavy atom. The van der Waals surface area contributed by atoms with Crippen LogP contribution in [-0.4, -0.2) is 57.4 Å². The maximum Gasteiger partial charge on any atom is 0.274 e. The molecule has 1 aromatic carbocycles. The molecule has 0 saturated carbocycles. The Hall–Kier alpha value is -1.86. The van der Waals surface area contributed by atoms with E-state index < -0.39 is 0 Å². The first-order valence-electron chi connectivity index (χ1n) is 8.04. The third-order valence-electron chi connectivity index (χ3n) is 4.49. The van der Waals surface area contributed by atoms with E-state index in [1.54, 1.807) is 29.1 Å². The fraction of sp³-hybridized carbons (Fsp3) is 0.412. The zero-order valence-electron chi connectivity index (χ0n) is 13.1. The molecule has 5 nitrogen and oxygen atoms in total. The predicted molar refractivity (Wildman–Crippen MR) is 90.0 cm³/mol. The fourth-order valence-corrected chi connectivity index (χ4v) is 4.56. The van der Waals surface area contributed by atoms with Crippen LogP contribution in [0.25, 0.3) is 5.69 Å². The zero-order chi connectivity index (χ0) is 16.5. The van der Waals surface area contributed by atoms with Gasteiger partial charge in [0, 0.05) is 36.4 Å². The minimum atomic E-state index is -0.293. The highest BCUT2D eigenvalue weighted by Gasteiger charge is 2.37. The molecule has 2 aromatic rings. The van der Waals surface area contributed by atoms with Crippen LogP contribution in [0.1, 0.15) is 16.9 Å². The van der Waals surface area contributed by atoms with Crippen LogP contribution in [0.3, 0.4) is 0 Å². The second-order valence-electron chi connectivity index (χ2n) is 5.96. The molecule has 0 aliphatic carbocycles. The molecule has 2 saturated heterocycles. The summed E-state index contributed by atoms with van der Waals surface area (Å²) in [5.74, 6) is 0.598. The van der Waals surface area contributed by atoms with E-state index in [1.807, 2.05) is 16.7 Å². The number of rotatable bonds is 2. The number of benzene rings is 1. The van der Waals surface area contributed by atoms with Crippen molar-refractivity contribution < 1.29 is 13.9 Å². The van der Waals surface area contributed by atoms with Crippen LogP contribution >= 0.6 is 11.8 Å². The van der Waals surface area contributed by atoms with Gasteiger partial charge in [-0.2, -0.15) is 16.9 Å². The van der Waals surface area contributed by atoms with Gasteiger partial charge in [0.1, 0.15) is 5.82 Å². The molecule has 2 aliphatic rings. The summed E-state index contributed by atoms with van der Waals surface area (Å²) in [7, 11) is 0. The van der Waals surface area contributed by atoms with Gasteiger partial charge in [-0.3, -0.25) is 4.79 Å². The molecule has 126 valence electrons. The van der Waals surface area contributed by atoms with Gasteiger partial charge in [-0.25, -0.2) is 9.07 Å². The van der Waals surface area contributed by atoms with E-state index in [0.717, 1.165) is 24.4 Å². The number of hydrogen-bond acceptors (Lipinski definition) is 4. The van der Waals surface area contributed by atoms with E-state index in [4.69, 9.17) is 4.74 Å². The van der Waals surface area contributed by atoms with Crippen molar-refractivity contribution in [3.05, 3.63) is 48.0 Å². The van der Waals surface area contributed by atoms with Crippen molar-refractivity contribution in [1.29, 1.82) is 0 Å². The summed E-state index contributed by atoms with van der Waals surface area (Å²) in [4.78, 5) is 14.8. The third kappa shape index (κ3) is 2.93. The number of carbonyl (C=O) groups is 1. The molecule has 0 bridgehead atoms. The lowest BCUT2D eigenvalue weighted by Gasteiger charge is -2.43. The number of thioether (sulfide) groups is 1. The van der Waals surface area contributed by atoms with Crippen LogP contribution in [0.4, 0.5) is 4.39 Å². The SMILES string of the molecule is O=C(c1ccn(-c2ccc(F)cc2)n1)N1CCS[C@H]2COCC[C@H]21. The molecule has 0 N–H and O–H groups in total. The number of hydrogen-bond donors (Lipinski definition) is 0. The van der Waals surface area contributed by atoms with E-state index in [0.29, 0.717) is 24.2 Å². The number of halogens is 1. The van der Waals surface area contributed by atoms with Gasteiger partial charge in [-0.05, 0) is 36.8 Å². The molecule has 2 aliphatic heterocycles. The first kappa shape index (κ1) is 15.7. The van der Waals surface area contributed by atoms with Crippen molar-refractivity contribution in [3.8, 4) is 5.69 Å². The summed E-state index contributed by atoms with van der Waals surface area (Å²) in [6.07, 6.45) is 2.61. The monoisotopic (exact) mass is 347 g/mol. The highest BCUT2D eigenvalue weighted by atomic mass is 32.2. The Labute approximate surface area is 143 Å². The normalized spacial score (nSPS) is 23.8. The molecule has 3 heterocycles. The average Bonchev–Trinajstić information content (AvgIpc) is 3.11. The van der Waals surface area contributed by atoms with Crippen LogP contribution < -0.4 is 0 Å². The lowest BCUT2D eigenvalue weighted by Crippen LogP contribution is -2.54. The Morgan fingerprint density at radius 2 is 2.12 bits per heavy atom. The Kier molecular flexibility index (Phi) is 4.28. The topological polar surface area (TPSA) is 47.4 Å². The molecule has 0 unspecified atom stereocenters. The molecule has 0 spiro atoms. The molecule has 1 amide bonds. The summed E-state index contributed by atoms with van der Waals surface area (Å²) in [6, 6.07) is 7.99. The van der Waals surface area contributed by atoms with Gasteiger partial charge in [0.25, 0.3) is 5.91 Å². The lowest BCUT2D eigenvalue weighted by atomic mass is 10.1. The average molecular weight is 347 g/mol. The van der Waals surface area contributed by atoms with Crippen molar-refractivity contribution in [2.45, 2.75) is 17.7 Å². The number of carbonyl (C=O) groups excluding carboxylic acids is 1. The minimum Gasteiger partial charge on any atom is -0.380 e. The summed E-state index contributed by atoms with van der Waals surface area (Å²) < 4.78 is 20.2. The van der Waals surface area contributed by atoms with Gasteiger partial charge in [0.2, 0.25) is 0 Å². The van der Waals surface area contributed by atoms with Crippen molar-refractivity contribution in [2.24, 2.45) is 0 Å². The largest absolute Gasteiger partial charge is 0.380 e. The molecule has 7 heteroatoms. The smallest absolute Gasteiger partial charge is 0.274 e. The molecule has 2 fully saturated rings. The molecular weight excluding hydrogens is 329 g/mol. The maximum absolute atomic E-state index is 13.0. The Balaban J connectivity index is 1.55. The lowest BCUT2D eigenvalue weighted by molar-refractivity contribution is 0.0315. The quantitative estimate of drug-likeness (QED) is 0.837. The van der Waals surface area contributed by atoms with Crippen molar-refractivity contribution in [1.82, 2.24) is 14.7 Å². The van der Waals surface area contributed by atoms with Crippen molar-refractivity contribution >= 4 is 17.7 Å². The van der Waals surface area contributed by atoms with Crippen LogP contribution in [-0.2, 0) is 4.74 Å². The number of nitrogens with zero attached hydrogens (tertiary/aromatic N) is 3. The third-order valence-corrected chi connectivity index (χ3v) is 5.79. The molecule has 2 atom stereocenters. The second-order valence-corrected chi connectivity index (χ2v) is 7.31. The van der Waals surface area contributed by atoms with Gasteiger partial charge < -0.3 is 9.64 Å². The first-order valence-corrected chi connectivity index (χ1v) is 9.09. The molecule has 0 radical (unpaired) electrons. The van der Waals surface area contributed by atoms with Gasteiger partial charge in [0.05, 0.1) is 12.3 Å². The van der Waals surface area contributed by atoms with Gasteiger partial charge in [0.15, 0.2) is 5.69 Å². The number of aromatic nitrogens is 2. The van der Waals surface area contributed by atoms with Crippen molar-refractivity contribution in [2.75, 3.05) is 25.5 Å². The number of amides is 1. The van der Waals surface area contributed by atoms with Gasteiger partial charge in [-0.1, -0.05) is 0 Å². The van der Waals surface area contributed by atoms with Crippen molar-refractivity contribution in [3.63, 3.8) is 0 Å². The van der Waals surface area contributed by atoms with E-state index in [1.165, 1.54) is 12.1 Å². The van der Waals surface area contributed by atoms with Crippen LogP contribution in [0.2, 0.25) is 0 Å². The minimum absolute atomic E-state index is 0.0342. The summed E-state index contributed by atoms with van der Waals surface area (Å²) >= 11 is 1.89. The molecule has 4 rings (SSSR count). The summed E-state index contributed by atoms with van der Waals surface area (Å²) in [5.41, 5.74) is 1.16. The van der Waals surface area contributed by atoms with Crippen LogP contribution in [0.15, 0.2) is 36.5 Å². The van der Waals surface area contributed by atoms with Gasteiger partial charge in [-0.15, -0.1) is 0 Å². The Bertz CT molecular complexity index is 732. The fourth-order valence-electron chi connectivity index (χ4n) is 3.26. The first-order chi connectivity index (χ1) is 11.7. The van der Waals surface area contributed by atoms with Crippen LogP contribution in [0, 0.1) is 5.82 Å². The standard InChI is InChI=1S/C17H18FN3O2S/c18-12-1-3-13(4-2-12)21-7-5-14(19-21)17(22)20-8-10-24-16-11-23-9-6-15(16)20/h1-5,7,15-16H,6,8-11H2/t15-,16+/m1/s1. The molecule has 1 aromatic heterocycles. The Morgan fingerprint density at radius 3 is 2.96 bits per heavy atom. The second kappa shape index (κ2) is 6.57. The highest BCUT2D eigenvalue weighted by Crippen LogP contribution is 2.31. The highest BCUT2D eigenvalue weighted by molar-refractivity contribution is 8.00. The van der Waals surface area contributed by atoms with E-state index in [9.17, 15) is 9.18 Å². The van der Waals surface area contributed by atoms with E-state index >= 15 is 0 Å². The summed E-state index contributed by atoms with van der Waals surface area (Å²) in [6.45, 7) is 2.16. The predicted octanol–water partition coefficient (Wildman–Crippen LogP) is 2.36. The number of fused-ring (bicyclic) bond motifs is 1. The molecular formula is C17H18FN3O2S. The van der Waals surface area contributed by atoms with E-state index in [2.05, 4.69) is 5.10 Å². The molecule has 24 heavy (non-hydrogen) atoms. The summed E-state index contributed by atoms with van der Waals surface area (Å²) in [5, 5.41) is 4.74. The van der Waals surface area contributed by atoms with E-state index in [-0.39, 0.29) is 17.8 Å². The number of ether oxygens (including phenoxy) is 1. The zero-order valence-corrected chi connectivity index (χ0v) is 13.9. The maximum atomic E-state index is 13.0. The van der Waals surface area contributed by atoms with Gasteiger partial charge >= 0.3 is 0 Å².